The van der Waals surface area contributed by atoms with E-state index in [0.29, 0.717) is 17.7 Å². The molecule has 1 aromatic heterocycles. The van der Waals surface area contributed by atoms with Gasteiger partial charge in [-0.05, 0) is 48.0 Å². The first kappa shape index (κ1) is 23.8. The molecule has 0 bridgehead atoms. The van der Waals surface area contributed by atoms with Gasteiger partial charge in [-0.3, -0.25) is 9.78 Å². The number of sulfonamides is 1. The summed E-state index contributed by atoms with van der Waals surface area (Å²) in [4.78, 5) is 16.9. The second-order valence-electron chi connectivity index (χ2n) is 7.71. The second kappa shape index (κ2) is 9.11. The predicted octanol–water partition coefficient (Wildman–Crippen LogP) is 4.68. The number of rotatable bonds is 4. The van der Waals surface area contributed by atoms with Gasteiger partial charge >= 0.3 is 6.18 Å². The smallest absolute Gasteiger partial charge is 0.294 e. The predicted molar refractivity (Wildman–Crippen MR) is 117 cm³/mol. The van der Waals surface area contributed by atoms with Crippen molar-refractivity contribution < 1.29 is 30.8 Å². The first-order valence-electron chi connectivity index (χ1n) is 10.1. The minimum absolute atomic E-state index is 0.0562. The Morgan fingerprint density at radius 2 is 1.71 bits per heavy atom. The summed E-state index contributed by atoms with van der Waals surface area (Å²) in [5.41, 5.74) is -0.335. The fraction of sp³-hybridized carbons (Fsp3) is 0.167. The molecule has 1 fully saturated rings. The number of pyridine rings is 1. The molecule has 0 aliphatic carbocycles. The lowest BCUT2D eigenvalue weighted by Gasteiger charge is -2.33. The molecule has 4 rings (SSSR count). The van der Waals surface area contributed by atoms with Crippen molar-refractivity contribution in [2.45, 2.75) is 17.0 Å². The van der Waals surface area contributed by atoms with Crippen molar-refractivity contribution in [3.63, 3.8) is 0 Å². The molecule has 1 saturated heterocycles. The van der Waals surface area contributed by atoms with E-state index >= 15 is 0 Å². The lowest BCUT2D eigenvalue weighted by Crippen LogP contribution is -2.44. The molecular weight excluding hydrogens is 472 g/mol. The molecule has 1 unspecified atom stereocenters. The SMILES string of the molecule is O=C1C(=Cc2ccccc2F)CN(S(=O)(=O)c2ccc(C(F)(F)F)cc2)CC1c1cccnc1. The van der Waals surface area contributed by atoms with Gasteiger partial charge in [0.25, 0.3) is 0 Å². The molecule has 0 spiro atoms. The highest BCUT2D eigenvalue weighted by molar-refractivity contribution is 7.89. The van der Waals surface area contributed by atoms with Gasteiger partial charge in [0.05, 0.1) is 16.4 Å². The third kappa shape index (κ3) is 4.78. The molecule has 1 atom stereocenters. The number of hydrogen-bond donors (Lipinski definition) is 0. The summed E-state index contributed by atoms with van der Waals surface area (Å²) < 4.78 is 80.6. The largest absolute Gasteiger partial charge is 0.416 e. The molecule has 2 aromatic carbocycles. The van der Waals surface area contributed by atoms with E-state index < -0.39 is 33.5 Å². The quantitative estimate of drug-likeness (QED) is 0.394. The molecule has 34 heavy (non-hydrogen) atoms. The molecule has 0 saturated carbocycles. The lowest BCUT2D eigenvalue weighted by molar-refractivity contribution is -0.137. The average molecular weight is 490 g/mol. The average Bonchev–Trinajstić information content (AvgIpc) is 2.81. The van der Waals surface area contributed by atoms with Crippen LogP contribution in [0.2, 0.25) is 0 Å². The fourth-order valence-electron chi connectivity index (χ4n) is 3.73. The molecule has 1 aliphatic rings. The summed E-state index contributed by atoms with van der Waals surface area (Å²) in [6.07, 6.45) is -0.364. The number of carbonyl (C=O) groups excluding carboxylic acids is 1. The van der Waals surface area contributed by atoms with Crippen molar-refractivity contribution in [1.29, 1.82) is 0 Å². The maximum atomic E-state index is 14.2. The van der Waals surface area contributed by atoms with Crippen LogP contribution in [0.5, 0.6) is 0 Å². The minimum Gasteiger partial charge on any atom is -0.294 e. The number of carbonyl (C=O) groups is 1. The number of piperidine rings is 1. The number of alkyl halides is 3. The van der Waals surface area contributed by atoms with Gasteiger partial charge in [0, 0.05) is 36.6 Å². The van der Waals surface area contributed by atoms with Gasteiger partial charge < -0.3 is 0 Å². The molecule has 5 nitrogen and oxygen atoms in total. The Labute approximate surface area is 193 Å². The van der Waals surface area contributed by atoms with Crippen LogP contribution in [0.3, 0.4) is 0 Å². The van der Waals surface area contributed by atoms with Gasteiger partial charge in [0.1, 0.15) is 5.82 Å². The van der Waals surface area contributed by atoms with Crippen molar-refractivity contribution in [1.82, 2.24) is 9.29 Å². The number of nitrogens with zero attached hydrogens (tertiary/aromatic N) is 2. The maximum Gasteiger partial charge on any atom is 0.416 e. The Balaban J connectivity index is 1.75. The summed E-state index contributed by atoms with van der Waals surface area (Å²) in [5, 5.41) is 0. The van der Waals surface area contributed by atoms with Crippen LogP contribution in [-0.4, -0.2) is 36.6 Å². The van der Waals surface area contributed by atoms with Gasteiger partial charge in [-0.25, -0.2) is 12.8 Å². The fourth-order valence-corrected chi connectivity index (χ4v) is 5.16. The van der Waals surface area contributed by atoms with Crippen LogP contribution in [0.15, 0.2) is 83.5 Å². The molecule has 176 valence electrons. The van der Waals surface area contributed by atoms with Crippen molar-refractivity contribution in [3.05, 3.63) is 101 Å². The Morgan fingerprint density at radius 1 is 1.00 bits per heavy atom. The van der Waals surface area contributed by atoms with Crippen LogP contribution in [0.25, 0.3) is 6.08 Å². The number of aromatic nitrogens is 1. The topological polar surface area (TPSA) is 67.3 Å². The molecule has 0 radical (unpaired) electrons. The molecular formula is C24H18F4N2O3S. The monoisotopic (exact) mass is 490 g/mol. The first-order valence-corrected chi connectivity index (χ1v) is 11.6. The van der Waals surface area contributed by atoms with Gasteiger partial charge in [-0.1, -0.05) is 24.3 Å². The normalized spacial score (nSPS) is 18.9. The van der Waals surface area contributed by atoms with Crippen LogP contribution < -0.4 is 0 Å². The van der Waals surface area contributed by atoms with E-state index in [1.165, 1.54) is 36.7 Å². The van der Waals surface area contributed by atoms with Gasteiger partial charge in [-0.15, -0.1) is 0 Å². The van der Waals surface area contributed by atoms with Crippen molar-refractivity contribution >= 4 is 21.9 Å². The van der Waals surface area contributed by atoms with Crippen molar-refractivity contribution in [2.75, 3.05) is 13.1 Å². The van der Waals surface area contributed by atoms with E-state index in [-0.39, 0.29) is 34.9 Å². The van der Waals surface area contributed by atoms with Crippen molar-refractivity contribution in [3.8, 4) is 0 Å². The van der Waals surface area contributed by atoms with E-state index in [1.807, 2.05) is 0 Å². The van der Waals surface area contributed by atoms with E-state index in [1.54, 1.807) is 18.2 Å². The van der Waals surface area contributed by atoms with E-state index in [0.717, 1.165) is 16.4 Å². The van der Waals surface area contributed by atoms with Gasteiger partial charge in [0.2, 0.25) is 10.0 Å². The first-order chi connectivity index (χ1) is 16.1. The van der Waals surface area contributed by atoms with E-state index in [2.05, 4.69) is 4.98 Å². The molecule has 10 heteroatoms. The van der Waals surface area contributed by atoms with E-state index in [4.69, 9.17) is 0 Å². The van der Waals surface area contributed by atoms with Gasteiger partial charge in [0.15, 0.2) is 5.78 Å². The number of halogens is 4. The zero-order valence-electron chi connectivity index (χ0n) is 17.5. The molecule has 0 amide bonds. The Hall–Kier alpha value is -3.37. The van der Waals surface area contributed by atoms with Gasteiger partial charge in [-0.2, -0.15) is 17.5 Å². The third-order valence-corrected chi connectivity index (χ3v) is 7.33. The van der Waals surface area contributed by atoms with Crippen LogP contribution >= 0.6 is 0 Å². The summed E-state index contributed by atoms with van der Waals surface area (Å²) in [5.74, 6) is -1.87. The van der Waals surface area contributed by atoms with Crippen LogP contribution in [0, 0.1) is 5.82 Å². The highest BCUT2D eigenvalue weighted by Crippen LogP contribution is 2.33. The Kier molecular flexibility index (Phi) is 6.37. The lowest BCUT2D eigenvalue weighted by atomic mass is 9.87. The summed E-state index contributed by atoms with van der Waals surface area (Å²) in [7, 11) is -4.27. The highest BCUT2D eigenvalue weighted by Gasteiger charge is 2.39. The summed E-state index contributed by atoms with van der Waals surface area (Å²) in [6, 6.07) is 12.1. The summed E-state index contributed by atoms with van der Waals surface area (Å²) in [6.45, 7) is -0.588. The highest BCUT2D eigenvalue weighted by atomic mass is 32.2. The number of benzene rings is 2. The van der Waals surface area contributed by atoms with Crippen LogP contribution in [0.1, 0.15) is 22.6 Å². The molecule has 1 aliphatic heterocycles. The number of Topliss-reactive ketones (excluding diaryl/α,β-unsaturated/α-hetero) is 1. The van der Waals surface area contributed by atoms with Crippen LogP contribution in [-0.2, 0) is 21.0 Å². The second-order valence-corrected chi connectivity index (χ2v) is 9.65. The number of hydrogen-bond acceptors (Lipinski definition) is 4. The number of ketones is 1. The standard InChI is InChI=1S/C24H18F4N2O3S/c25-22-6-2-1-4-16(22)12-18-14-30(15-21(23(18)31)17-5-3-11-29-13-17)34(32,33)20-9-7-19(8-10-20)24(26,27)28/h1-13,21H,14-15H2. The zero-order chi connectivity index (χ0) is 24.5. The molecule has 0 N–H and O–H groups in total. The van der Waals surface area contributed by atoms with E-state index in [9.17, 15) is 30.8 Å². The van der Waals surface area contributed by atoms with Crippen molar-refractivity contribution in [2.24, 2.45) is 0 Å². The maximum absolute atomic E-state index is 14.2. The minimum atomic E-state index is -4.61. The zero-order valence-corrected chi connectivity index (χ0v) is 18.4. The molecule has 3 aromatic rings. The summed E-state index contributed by atoms with van der Waals surface area (Å²) >= 11 is 0. The Bertz CT molecular complexity index is 1340. The Morgan fingerprint density at radius 3 is 2.32 bits per heavy atom. The third-order valence-electron chi connectivity index (χ3n) is 5.51. The van der Waals surface area contributed by atoms with Crippen LogP contribution in [0.4, 0.5) is 17.6 Å². The molecule has 2 heterocycles.